The number of β-amino-alcohol motifs (C(OH)–C–C–N with tert-alkyl or cyclic N) is 1. The minimum absolute atomic E-state index is 0.0754. The van der Waals surface area contributed by atoms with Crippen LogP contribution >= 0.6 is 10.8 Å². The molecule has 1 heterocycles. The van der Waals surface area contributed by atoms with Crippen LogP contribution in [0.2, 0.25) is 0 Å². The van der Waals surface area contributed by atoms with E-state index in [4.69, 9.17) is 0 Å². The van der Waals surface area contributed by atoms with E-state index in [0.717, 1.165) is 37.8 Å². The zero-order valence-electron chi connectivity index (χ0n) is 26.1. The molecular weight excluding hydrogens is 574 g/mol. The molecule has 2 atom stereocenters. The second-order valence-corrected chi connectivity index (χ2v) is 14.7. The molecule has 0 aromatic heterocycles. The summed E-state index contributed by atoms with van der Waals surface area (Å²) < 4.78 is 50.7. The molecule has 11 heteroatoms. The molecule has 0 unspecified atom stereocenters. The number of anilines is 2. The van der Waals surface area contributed by atoms with Gasteiger partial charge in [0.15, 0.2) is 11.6 Å². The van der Waals surface area contributed by atoms with Crippen LogP contribution in [-0.4, -0.2) is 63.2 Å². The molecule has 1 aliphatic rings. The molecule has 0 bridgehead atoms. The van der Waals surface area contributed by atoms with E-state index in [1.807, 2.05) is 6.92 Å². The third kappa shape index (κ3) is 10.6. The Morgan fingerprint density at radius 2 is 1.84 bits per heavy atom. The molecule has 6 N–H and O–H groups in total. The average Bonchev–Trinajstić information content (AvgIpc) is 2.92. The van der Waals surface area contributed by atoms with Crippen molar-refractivity contribution >= 4 is 28.1 Å². The number of nitrogens with one attached hydrogen (secondary N) is 3. The van der Waals surface area contributed by atoms with E-state index in [1.54, 1.807) is 22.5 Å². The Morgan fingerprint density at radius 1 is 1.09 bits per heavy atom. The molecule has 0 aliphatic carbocycles. The Bertz CT molecular complexity index is 1210. The van der Waals surface area contributed by atoms with E-state index in [2.05, 4.69) is 43.6 Å². The van der Waals surface area contributed by atoms with Crippen LogP contribution in [-0.2, 0) is 6.42 Å². The van der Waals surface area contributed by atoms with E-state index in [1.165, 1.54) is 6.07 Å². The standard InChI is InChI=1S/C32H50F2N4O4S/c1-6-35-25-18-24(19-26(20-25)38-14-7-8-15-43(38,41)42)31(40)37-29(17-23-11-12-27(33)28(34)16-23)30(39)21-36-32(4,5)13-9-10-22(2)3/h11-12,16,18-20,22,29-30,35-36,39,41-42H,6-10,13-15,17,21H2,1-5H3,(H,37,40)/t29-,30-/m0/s1. The number of rotatable bonds is 15. The van der Waals surface area contributed by atoms with Crippen molar-refractivity contribution < 1.29 is 27.8 Å². The third-order valence-electron chi connectivity index (χ3n) is 7.82. The summed E-state index contributed by atoms with van der Waals surface area (Å²) in [5.41, 5.74) is 1.63. The molecule has 1 aliphatic heterocycles. The summed E-state index contributed by atoms with van der Waals surface area (Å²) in [5, 5.41) is 20.8. The Hall–Kier alpha value is -2.44. The lowest BCUT2D eigenvalue weighted by Gasteiger charge is -2.47. The molecule has 1 saturated heterocycles. The fourth-order valence-electron chi connectivity index (χ4n) is 5.32. The molecule has 0 spiro atoms. The fourth-order valence-corrected chi connectivity index (χ4v) is 6.99. The van der Waals surface area contributed by atoms with Crippen LogP contribution in [0.3, 0.4) is 0 Å². The summed E-state index contributed by atoms with van der Waals surface area (Å²) in [6.45, 7) is 11.7. The third-order valence-corrected chi connectivity index (χ3v) is 9.76. The number of halogens is 2. The van der Waals surface area contributed by atoms with Gasteiger partial charge in [-0.05, 0) is 88.3 Å². The number of hydrogen-bond donors (Lipinski definition) is 6. The molecule has 0 saturated carbocycles. The molecule has 242 valence electrons. The van der Waals surface area contributed by atoms with E-state index < -0.39 is 40.5 Å². The SMILES string of the molecule is CCNc1cc(C(=O)N[C@@H](Cc2ccc(F)c(F)c2)[C@@H](O)CNC(C)(C)CCCC(C)C)cc(N2CCCCS2(O)O)c1. The lowest BCUT2D eigenvalue weighted by atomic mass is 9.93. The number of hydrogen-bond acceptors (Lipinski definition) is 7. The highest BCUT2D eigenvalue weighted by Gasteiger charge is 2.29. The number of aliphatic hydroxyl groups excluding tert-OH is 1. The number of carbonyl (C=O) groups excluding carboxylic acids is 1. The van der Waals surface area contributed by atoms with Crippen LogP contribution in [0, 0.1) is 17.6 Å². The van der Waals surface area contributed by atoms with Crippen LogP contribution < -0.4 is 20.3 Å². The first-order valence-corrected chi connectivity index (χ1v) is 17.0. The summed E-state index contributed by atoms with van der Waals surface area (Å²) in [4.78, 5) is 13.7. The summed E-state index contributed by atoms with van der Waals surface area (Å²) >= 11 is 0. The lowest BCUT2D eigenvalue weighted by molar-refractivity contribution is 0.0811. The number of benzene rings is 2. The lowest BCUT2D eigenvalue weighted by Crippen LogP contribution is -2.52. The van der Waals surface area contributed by atoms with Gasteiger partial charge in [0.25, 0.3) is 5.91 Å². The first kappa shape index (κ1) is 35.0. The number of aliphatic hydroxyl groups is 1. The molecule has 1 fully saturated rings. The average molecular weight is 625 g/mol. The molecule has 0 radical (unpaired) electrons. The molecule has 1 amide bonds. The summed E-state index contributed by atoms with van der Waals surface area (Å²) in [5.74, 6) is -1.57. The minimum Gasteiger partial charge on any atom is -0.390 e. The van der Waals surface area contributed by atoms with Gasteiger partial charge in [-0.1, -0.05) is 32.8 Å². The highest BCUT2D eigenvalue weighted by Crippen LogP contribution is 2.50. The maximum Gasteiger partial charge on any atom is 0.251 e. The Morgan fingerprint density at radius 3 is 2.49 bits per heavy atom. The minimum atomic E-state index is -3.01. The first-order chi connectivity index (χ1) is 20.2. The van der Waals surface area contributed by atoms with Crippen LogP contribution in [0.4, 0.5) is 20.2 Å². The van der Waals surface area contributed by atoms with Gasteiger partial charge in [0.05, 0.1) is 23.6 Å². The van der Waals surface area contributed by atoms with Crippen molar-refractivity contribution in [3.05, 3.63) is 59.2 Å². The summed E-state index contributed by atoms with van der Waals surface area (Å²) in [6, 6.07) is 7.82. The molecule has 2 aromatic carbocycles. The molecule has 3 rings (SSSR count). The topological polar surface area (TPSA) is 117 Å². The van der Waals surface area contributed by atoms with Crippen molar-refractivity contribution in [2.75, 3.05) is 35.0 Å². The Balaban J connectivity index is 1.85. The number of carbonyl (C=O) groups is 1. The largest absolute Gasteiger partial charge is 0.390 e. The second kappa shape index (κ2) is 15.5. The van der Waals surface area contributed by atoms with Gasteiger partial charge in [0, 0.05) is 36.4 Å². The maximum atomic E-state index is 14.1. The molecule has 43 heavy (non-hydrogen) atoms. The molecular formula is C32H50F2N4O4S. The van der Waals surface area contributed by atoms with E-state index in [-0.39, 0.29) is 29.8 Å². The molecule has 8 nitrogen and oxygen atoms in total. The predicted octanol–water partition coefficient (Wildman–Crippen LogP) is 6.56. The van der Waals surface area contributed by atoms with Crippen molar-refractivity contribution in [3.8, 4) is 0 Å². The predicted molar refractivity (Wildman–Crippen MR) is 173 cm³/mol. The van der Waals surface area contributed by atoms with E-state index >= 15 is 0 Å². The molecule has 2 aromatic rings. The van der Waals surface area contributed by atoms with E-state index in [0.29, 0.717) is 42.4 Å². The van der Waals surface area contributed by atoms with Gasteiger partial charge < -0.3 is 21.1 Å². The maximum absolute atomic E-state index is 14.1. The van der Waals surface area contributed by atoms with Crippen LogP contribution in [0.5, 0.6) is 0 Å². The van der Waals surface area contributed by atoms with Gasteiger partial charge in [-0.3, -0.25) is 18.2 Å². The summed E-state index contributed by atoms with van der Waals surface area (Å²) in [7, 11) is -3.01. The monoisotopic (exact) mass is 624 g/mol. The van der Waals surface area contributed by atoms with E-state index in [9.17, 15) is 27.8 Å². The zero-order chi connectivity index (χ0) is 31.8. The Labute approximate surface area is 257 Å². The van der Waals surface area contributed by atoms with Gasteiger partial charge in [0.1, 0.15) is 0 Å². The van der Waals surface area contributed by atoms with Crippen molar-refractivity contribution in [2.45, 2.75) is 90.8 Å². The van der Waals surface area contributed by atoms with Crippen LogP contribution in [0.25, 0.3) is 0 Å². The van der Waals surface area contributed by atoms with Crippen LogP contribution in [0.15, 0.2) is 36.4 Å². The normalized spacial score (nSPS) is 17.4. The Kier molecular flexibility index (Phi) is 12.6. The van der Waals surface area contributed by atoms with Gasteiger partial charge >= 0.3 is 0 Å². The van der Waals surface area contributed by atoms with Crippen molar-refractivity contribution in [1.29, 1.82) is 0 Å². The quantitative estimate of drug-likeness (QED) is 0.133. The van der Waals surface area contributed by atoms with Gasteiger partial charge in [-0.15, -0.1) is 10.8 Å². The van der Waals surface area contributed by atoms with Crippen LogP contribution in [0.1, 0.15) is 82.6 Å². The van der Waals surface area contributed by atoms with Gasteiger partial charge in [0.2, 0.25) is 0 Å². The number of amides is 1. The van der Waals surface area contributed by atoms with Crippen molar-refractivity contribution in [1.82, 2.24) is 10.6 Å². The highest BCUT2D eigenvalue weighted by molar-refractivity contribution is 8.25. The van der Waals surface area contributed by atoms with Crippen molar-refractivity contribution in [2.24, 2.45) is 5.92 Å². The van der Waals surface area contributed by atoms with Crippen molar-refractivity contribution in [3.63, 3.8) is 0 Å². The number of nitrogens with zero attached hydrogens (tertiary/aromatic N) is 1. The van der Waals surface area contributed by atoms with Gasteiger partial charge in [-0.25, -0.2) is 8.78 Å². The second-order valence-electron chi connectivity index (χ2n) is 12.6. The fraction of sp³-hybridized carbons (Fsp3) is 0.594. The van der Waals surface area contributed by atoms with Gasteiger partial charge in [-0.2, -0.15) is 0 Å². The highest BCUT2D eigenvalue weighted by atomic mass is 32.3. The zero-order valence-corrected chi connectivity index (χ0v) is 26.9. The summed E-state index contributed by atoms with van der Waals surface area (Å²) in [6.07, 6.45) is 3.60. The smallest absolute Gasteiger partial charge is 0.251 e. The first-order valence-electron chi connectivity index (χ1n) is 15.3.